The van der Waals surface area contributed by atoms with Crippen molar-refractivity contribution in [3.63, 3.8) is 0 Å². The highest BCUT2D eigenvalue weighted by atomic mass is 16.6. The van der Waals surface area contributed by atoms with E-state index < -0.39 is 22.6 Å². The van der Waals surface area contributed by atoms with Gasteiger partial charge in [0.2, 0.25) is 0 Å². The van der Waals surface area contributed by atoms with E-state index in [1.807, 2.05) is 34.6 Å². The predicted octanol–water partition coefficient (Wildman–Crippen LogP) is 2.66. The minimum Gasteiger partial charge on any atom is -0.444 e. The van der Waals surface area contributed by atoms with E-state index in [0.29, 0.717) is 0 Å². The number of aldehydes is 1. The second-order valence-electron chi connectivity index (χ2n) is 6.40. The van der Waals surface area contributed by atoms with Gasteiger partial charge in [-0.3, -0.25) is 0 Å². The van der Waals surface area contributed by atoms with Gasteiger partial charge in [-0.15, -0.1) is 0 Å². The molecule has 0 saturated heterocycles. The second-order valence-corrected chi connectivity index (χ2v) is 6.40. The van der Waals surface area contributed by atoms with Crippen LogP contribution in [0.15, 0.2) is 0 Å². The van der Waals surface area contributed by atoms with Crippen LogP contribution in [-0.4, -0.2) is 23.5 Å². The minimum atomic E-state index is -0.553. The van der Waals surface area contributed by atoms with E-state index in [1.165, 1.54) is 0 Å². The van der Waals surface area contributed by atoms with Crippen molar-refractivity contribution in [2.24, 2.45) is 5.41 Å². The summed E-state index contributed by atoms with van der Waals surface area (Å²) >= 11 is 0. The maximum atomic E-state index is 11.8. The molecule has 1 rings (SSSR count). The SMILES string of the molecule is CC(C)(C)OC(=O)NC1(C(C)(C)C=O)CCC1. The number of hydrogen-bond donors (Lipinski definition) is 1. The zero-order valence-electron chi connectivity index (χ0n) is 11.4. The molecule has 1 aliphatic rings. The number of ether oxygens (including phenoxy) is 1. The Morgan fingerprint density at radius 3 is 2.06 bits per heavy atom. The lowest BCUT2D eigenvalue weighted by Crippen LogP contribution is -2.63. The van der Waals surface area contributed by atoms with Crippen molar-refractivity contribution in [3.8, 4) is 0 Å². The van der Waals surface area contributed by atoms with Crippen molar-refractivity contribution >= 4 is 12.4 Å². The molecule has 0 aromatic rings. The number of carbonyl (C=O) groups excluding carboxylic acids is 2. The number of alkyl carbamates (subject to hydrolysis) is 1. The molecular formula is C13H23NO3. The topological polar surface area (TPSA) is 55.4 Å². The molecular weight excluding hydrogens is 218 g/mol. The zero-order valence-corrected chi connectivity index (χ0v) is 11.4. The van der Waals surface area contributed by atoms with Gasteiger partial charge in [0.25, 0.3) is 0 Å². The van der Waals surface area contributed by atoms with Crippen LogP contribution in [0.4, 0.5) is 4.79 Å². The third-order valence-electron chi connectivity index (χ3n) is 3.48. The van der Waals surface area contributed by atoms with Gasteiger partial charge in [0.05, 0.1) is 5.54 Å². The normalized spacial score (nSPS) is 19.1. The molecule has 17 heavy (non-hydrogen) atoms. The first-order chi connectivity index (χ1) is 7.62. The van der Waals surface area contributed by atoms with Crippen LogP contribution in [0.5, 0.6) is 0 Å². The fourth-order valence-electron chi connectivity index (χ4n) is 2.07. The number of amides is 1. The lowest BCUT2D eigenvalue weighted by molar-refractivity contribution is -0.121. The maximum absolute atomic E-state index is 11.8. The van der Waals surface area contributed by atoms with Crippen LogP contribution in [0.2, 0.25) is 0 Å². The molecule has 0 aromatic heterocycles. The maximum Gasteiger partial charge on any atom is 0.408 e. The van der Waals surface area contributed by atoms with E-state index >= 15 is 0 Å². The van der Waals surface area contributed by atoms with Gasteiger partial charge in [0.1, 0.15) is 11.9 Å². The van der Waals surface area contributed by atoms with Crippen LogP contribution >= 0.6 is 0 Å². The molecule has 4 heteroatoms. The van der Waals surface area contributed by atoms with Crippen LogP contribution in [-0.2, 0) is 9.53 Å². The van der Waals surface area contributed by atoms with Crippen LogP contribution in [0.3, 0.4) is 0 Å². The Labute approximate surface area is 103 Å². The molecule has 0 bridgehead atoms. The van der Waals surface area contributed by atoms with Gasteiger partial charge in [-0.2, -0.15) is 0 Å². The number of rotatable bonds is 3. The third-order valence-corrected chi connectivity index (χ3v) is 3.48. The summed E-state index contributed by atoms with van der Waals surface area (Å²) in [4.78, 5) is 22.9. The first-order valence-corrected chi connectivity index (χ1v) is 6.09. The van der Waals surface area contributed by atoms with E-state index in [1.54, 1.807) is 0 Å². The smallest absolute Gasteiger partial charge is 0.408 e. The second kappa shape index (κ2) is 4.31. The summed E-state index contributed by atoms with van der Waals surface area (Å²) in [5.41, 5.74) is -1.50. The largest absolute Gasteiger partial charge is 0.444 e. The average Bonchev–Trinajstić information content (AvgIpc) is 2.08. The minimum absolute atomic E-state index is 0.433. The lowest BCUT2D eigenvalue weighted by Gasteiger charge is -2.50. The van der Waals surface area contributed by atoms with Crippen LogP contribution in [0.1, 0.15) is 53.9 Å². The number of nitrogens with one attached hydrogen (secondary N) is 1. The van der Waals surface area contributed by atoms with Gasteiger partial charge < -0.3 is 14.8 Å². The van der Waals surface area contributed by atoms with Crippen molar-refractivity contribution < 1.29 is 14.3 Å². The standard InChI is InChI=1S/C13H23NO3/c1-11(2,3)17-10(16)14-13(7-6-8-13)12(4,5)9-15/h9H,6-8H2,1-5H3,(H,14,16). The van der Waals surface area contributed by atoms with Crippen molar-refractivity contribution in [1.82, 2.24) is 5.32 Å². The van der Waals surface area contributed by atoms with Gasteiger partial charge in [0, 0.05) is 5.41 Å². The summed E-state index contributed by atoms with van der Waals surface area (Å²) in [6.45, 7) is 9.19. The Morgan fingerprint density at radius 1 is 1.24 bits per heavy atom. The Bertz CT molecular complexity index is 311. The summed E-state index contributed by atoms with van der Waals surface area (Å²) in [5, 5.41) is 2.89. The van der Waals surface area contributed by atoms with Gasteiger partial charge in [-0.1, -0.05) is 13.8 Å². The first-order valence-electron chi connectivity index (χ1n) is 6.09. The Kier molecular flexibility index (Phi) is 3.55. The monoisotopic (exact) mass is 241 g/mol. The zero-order chi connectivity index (χ0) is 13.3. The fourth-order valence-corrected chi connectivity index (χ4v) is 2.07. The van der Waals surface area contributed by atoms with Crippen molar-refractivity contribution in [2.75, 3.05) is 0 Å². The highest BCUT2D eigenvalue weighted by molar-refractivity contribution is 5.71. The Morgan fingerprint density at radius 2 is 1.76 bits per heavy atom. The Hall–Kier alpha value is -1.06. The molecule has 0 aromatic carbocycles. The molecule has 0 unspecified atom stereocenters. The molecule has 1 aliphatic carbocycles. The Balaban J connectivity index is 2.71. The van der Waals surface area contributed by atoms with Crippen LogP contribution in [0, 0.1) is 5.41 Å². The lowest BCUT2D eigenvalue weighted by atomic mass is 9.61. The quantitative estimate of drug-likeness (QED) is 0.773. The van der Waals surface area contributed by atoms with Gasteiger partial charge in [-0.05, 0) is 40.0 Å². The van der Waals surface area contributed by atoms with Crippen LogP contribution in [0.25, 0.3) is 0 Å². The van der Waals surface area contributed by atoms with E-state index in [2.05, 4.69) is 5.32 Å². The van der Waals surface area contributed by atoms with E-state index in [-0.39, 0.29) is 0 Å². The van der Waals surface area contributed by atoms with Crippen molar-refractivity contribution in [2.45, 2.75) is 65.0 Å². The van der Waals surface area contributed by atoms with Crippen molar-refractivity contribution in [3.05, 3.63) is 0 Å². The molecule has 0 heterocycles. The molecule has 1 saturated carbocycles. The summed E-state index contributed by atoms with van der Waals surface area (Å²) in [6.07, 6.45) is 3.18. The van der Waals surface area contributed by atoms with Crippen molar-refractivity contribution in [1.29, 1.82) is 0 Å². The summed E-state index contributed by atoms with van der Waals surface area (Å²) in [6, 6.07) is 0. The molecule has 0 atom stereocenters. The summed E-state index contributed by atoms with van der Waals surface area (Å²) in [5.74, 6) is 0. The van der Waals surface area contributed by atoms with Gasteiger partial charge >= 0.3 is 6.09 Å². The highest BCUT2D eigenvalue weighted by Crippen LogP contribution is 2.44. The summed E-state index contributed by atoms with van der Waals surface area (Å²) < 4.78 is 5.24. The highest BCUT2D eigenvalue weighted by Gasteiger charge is 2.51. The van der Waals surface area contributed by atoms with Gasteiger partial charge in [-0.25, -0.2) is 4.79 Å². The molecule has 1 N–H and O–H groups in total. The third kappa shape index (κ3) is 2.99. The molecule has 0 spiro atoms. The number of carbonyl (C=O) groups is 2. The predicted molar refractivity (Wildman–Crippen MR) is 65.8 cm³/mol. The molecule has 98 valence electrons. The average molecular weight is 241 g/mol. The first kappa shape index (κ1) is 14.0. The number of hydrogen-bond acceptors (Lipinski definition) is 3. The van der Waals surface area contributed by atoms with Gasteiger partial charge in [0.15, 0.2) is 0 Å². The van der Waals surface area contributed by atoms with Crippen LogP contribution < -0.4 is 5.32 Å². The van der Waals surface area contributed by atoms with E-state index in [4.69, 9.17) is 4.74 Å². The molecule has 0 radical (unpaired) electrons. The van der Waals surface area contributed by atoms with E-state index in [0.717, 1.165) is 25.5 Å². The molecule has 0 aliphatic heterocycles. The fraction of sp³-hybridized carbons (Fsp3) is 0.846. The molecule has 4 nitrogen and oxygen atoms in total. The van der Waals surface area contributed by atoms with E-state index in [9.17, 15) is 9.59 Å². The molecule has 1 fully saturated rings. The summed E-state index contributed by atoms with van der Waals surface area (Å²) in [7, 11) is 0. The molecule has 1 amide bonds.